The number of hydrogen-bond donors (Lipinski definition) is 1. The van der Waals surface area contributed by atoms with Gasteiger partial charge in [0.25, 0.3) is 0 Å². The molecule has 5 heteroatoms. The van der Waals surface area contributed by atoms with Gasteiger partial charge in [-0.25, -0.2) is 4.79 Å². The SMILES string of the molecule is COc1cc(C#N)cc(Oc2cc(C(=O)O)ccc2C)c1. The number of aromatic carboxylic acids is 1. The Labute approximate surface area is 122 Å². The Kier molecular flexibility index (Phi) is 4.10. The Hall–Kier alpha value is -3.00. The number of benzene rings is 2. The summed E-state index contributed by atoms with van der Waals surface area (Å²) in [6.45, 7) is 1.81. The Morgan fingerprint density at radius 3 is 2.52 bits per heavy atom. The van der Waals surface area contributed by atoms with Crippen LogP contribution < -0.4 is 9.47 Å². The van der Waals surface area contributed by atoms with Crippen molar-refractivity contribution in [3.05, 3.63) is 53.1 Å². The van der Waals surface area contributed by atoms with Gasteiger partial charge >= 0.3 is 5.97 Å². The van der Waals surface area contributed by atoms with E-state index in [9.17, 15) is 4.79 Å². The first-order valence-electron chi connectivity index (χ1n) is 6.14. The average Bonchev–Trinajstić information content (AvgIpc) is 2.48. The molecule has 0 saturated heterocycles. The number of methoxy groups -OCH3 is 1. The number of ether oxygens (including phenoxy) is 2. The van der Waals surface area contributed by atoms with Crippen LogP contribution in [0.4, 0.5) is 0 Å². The third kappa shape index (κ3) is 3.31. The van der Waals surface area contributed by atoms with E-state index in [0.717, 1.165) is 5.56 Å². The maximum atomic E-state index is 11.0. The molecule has 0 aliphatic heterocycles. The molecule has 0 aliphatic rings. The van der Waals surface area contributed by atoms with Crippen molar-refractivity contribution in [1.82, 2.24) is 0 Å². The van der Waals surface area contributed by atoms with E-state index in [0.29, 0.717) is 22.8 Å². The van der Waals surface area contributed by atoms with Crippen molar-refractivity contribution in [2.75, 3.05) is 7.11 Å². The quantitative estimate of drug-likeness (QED) is 0.930. The van der Waals surface area contributed by atoms with Crippen molar-refractivity contribution in [1.29, 1.82) is 5.26 Å². The monoisotopic (exact) mass is 283 g/mol. The number of hydrogen-bond acceptors (Lipinski definition) is 4. The Balaban J connectivity index is 2.40. The van der Waals surface area contributed by atoms with Crippen LogP contribution in [0.15, 0.2) is 36.4 Å². The average molecular weight is 283 g/mol. The summed E-state index contributed by atoms with van der Waals surface area (Å²) in [6.07, 6.45) is 0. The van der Waals surface area contributed by atoms with Gasteiger partial charge in [-0.2, -0.15) is 5.26 Å². The molecule has 0 saturated carbocycles. The summed E-state index contributed by atoms with van der Waals surface area (Å²) in [5.74, 6) is 0.308. The normalized spacial score (nSPS) is 9.76. The first kappa shape index (κ1) is 14.4. The van der Waals surface area contributed by atoms with Gasteiger partial charge in [-0.1, -0.05) is 6.07 Å². The summed E-state index contributed by atoms with van der Waals surface area (Å²) in [5.41, 5.74) is 1.33. The standard InChI is InChI=1S/C16H13NO4/c1-10-3-4-12(16(18)19)7-15(10)21-14-6-11(9-17)5-13(8-14)20-2/h3-8H,1-2H3,(H,18,19). The van der Waals surface area contributed by atoms with Gasteiger partial charge in [-0.05, 0) is 36.8 Å². The molecule has 0 amide bonds. The van der Waals surface area contributed by atoms with E-state index in [1.54, 1.807) is 24.3 Å². The number of rotatable bonds is 4. The second-order valence-corrected chi connectivity index (χ2v) is 4.40. The molecular formula is C16H13NO4. The fraction of sp³-hybridized carbons (Fsp3) is 0.125. The van der Waals surface area contributed by atoms with E-state index in [1.165, 1.54) is 19.2 Å². The van der Waals surface area contributed by atoms with Crippen LogP contribution in [0.3, 0.4) is 0 Å². The van der Waals surface area contributed by atoms with E-state index in [1.807, 2.05) is 13.0 Å². The number of carboxylic acids is 1. The summed E-state index contributed by atoms with van der Waals surface area (Å²) in [7, 11) is 1.50. The third-order valence-corrected chi connectivity index (χ3v) is 2.91. The van der Waals surface area contributed by atoms with Gasteiger partial charge < -0.3 is 14.6 Å². The number of aryl methyl sites for hydroxylation is 1. The van der Waals surface area contributed by atoms with Crippen molar-refractivity contribution in [3.8, 4) is 23.3 Å². The van der Waals surface area contributed by atoms with Gasteiger partial charge in [0.05, 0.1) is 24.3 Å². The van der Waals surface area contributed by atoms with Crippen molar-refractivity contribution >= 4 is 5.97 Å². The fourth-order valence-corrected chi connectivity index (χ4v) is 1.78. The molecule has 0 radical (unpaired) electrons. The zero-order valence-electron chi connectivity index (χ0n) is 11.6. The predicted octanol–water partition coefficient (Wildman–Crippen LogP) is 3.37. The molecule has 2 aromatic carbocycles. The van der Waals surface area contributed by atoms with E-state index in [-0.39, 0.29) is 5.56 Å². The highest BCUT2D eigenvalue weighted by Gasteiger charge is 2.09. The van der Waals surface area contributed by atoms with Crippen LogP contribution >= 0.6 is 0 Å². The molecule has 2 rings (SSSR count). The lowest BCUT2D eigenvalue weighted by Crippen LogP contribution is -1.98. The molecule has 0 atom stereocenters. The van der Waals surface area contributed by atoms with Crippen molar-refractivity contribution in [2.45, 2.75) is 6.92 Å². The molecule has 1 N–H and O–H groups in total. The number of carboxylic acid groups (broad SMARTS) is 1. The highest BCUT2D eigenvalue weighted by atomic mass is 16.5. The molecule has 0 bridgehead atoms. The van der Waals surface area contributed by atoms with Crippen LogP contribution in [0.1, 0.15) is 21.5 Å². The first-order chi connectivity index (χ1) is 10.0. The lowest BCUT2D eigenvalue weighted by Gasteiger charge is -2.11. The summed E-state index contributed by atoms with van der Waals surface area (Å²) in [4.78, 5) is 11.0. The molecular weight excluding hydrogens is 270 g/mol. The van der Waals surface area contributed by atoms with E-state index < -0.39 is 5.97 Å². The lowest BCUT2D eigenvalue weighted by molar-refractivity contribution is 0.0696. The van der Waals surface area contributed by atoms with Gasteiger partial charge in [-0.3, -0.25) is 0 Å². The molecule has 2 aromatic rings. The van der Waals surface area contributed by atoms with Gasteiger partial charge in [0, 0.05) is 6.07 Å². The smallest absolute Gasteiger partial charge is 0.335 e. The number of nitriles is 1. The zero-order valence-corrected chi connectivity index (χ0v) is 11.6. The minimum atomic E-state index is -1.02. The Morgan fingerprint density at radius 1 is 1.19 bits per heavy atom. The first-order valence-corrected chi connectivity index (χ1v) is 6.14. The van der Waals surface area contributed by atoms with Crippen molar-refractivity contribution in [3.63, 3.8) is 0 Å². The molecule has 0 aliphatic carbocycles. The molecule has 0 heterocycles. The maximum absolute atomic E-state index is 11.0. The van der Waals surface area contributed by atoms with Crippen LogP contribution in [0.5, 0.6) is 17.2 Å². The minimum Gasteiger partial charge on any atom is -0.497 e. The minimum absolute atomic E-state index is 0.138. The van der Waals surface area contributed by atoms with Crippen LogP contribution in [-0.2, 0) is 0 Å². The van der Waals surface area contributed by atoms with Crippen LogP contribution in [-0.4, -0.2) is 18.2 Å². The van der Waals surface area contributed by atoms with Crippen molar-refractivity contribution < 1.29 is 19.4 Å². The second-order valence-electron chi connectivity index (χ2n) is 4.40. The van der Waals surface area contributed by atoms with Crippen LogP contribution in [0.2, 0.25) is 0 Å². The third-order valence-electron chi connectivity index (χ3n) is 2.91. The predicted molar refractivity (Wildman–Crippen MR) is 75.9 cm³/mol. The summed E-state index contributed by atoms with van der Waals surface area (Å²) in [5, 5.41) is 18.0. The summed E-state index contributed by atoms with van der Waals surface area (Å²) < 4.78 is 10.8. The molecule has 21 heavy (non-hydrogen) atoms. The van der Waals surface area contributed by atoms with Crippen molar-refractivity contribution in [2.24, 2.45) is 0 Å². The van der Waals surface area contributed by atoms with Crippen LogP contribution in [0.25, 0.3) is 0 Å². The highest BCUT2D eigenvalue weighted by Crippen LogP contribution is 2.29. The van der Waals surface area contributed by atoms with E-state index in [4.69, 9.17) is 19.8 Å². The van der Waals surface area contributed by atoms with Crippen LogP contribution in [0, 0.1) is 18.3 Å². The highest BCUT2D eigenvalue weighted by molar-refractivity contribution is 5.88. The molecule has 5 nitrogen and oxygen atoms in total. The van der Waals surface area contributed by atoms with Gasteiger partial charge in [0.1, 0.15) is 17.2 Å². The Bertz CT molecular complexity index is 732. The fourth-order valence-electron chi connectivity index (χ4n) is 1.78. The maximum Gasteiger partial charge on any atom is 0.335 e. The van der Waals surface area contributed by atoms with E-state index >= 15 is 0 Å². The summed E-state index contributed by atoms with van der Waals surface area (Å²) >= 11 is 0. The largest absolute Gasteiger partial charge is 0.497 e. The van der Waals surface area contributed by atoms with E-state index in [2.05, 4.69) is 0 Å². The lowest BCUT2D eigenvalue weighted by atomic mass is 10.1. The van der Waals surface area contributed by atoms with Gasteiger partial charge in [-0.15, -0.1) is 0 Å². The number of nitrogens with zero attached hydrogens (tertiary/aromatic N) is 1. The molecule has 0 unspecified atom stereocenters. The van der Waals surface area contributed by atoms with Gasteiger partial charge in [0.2, 0.25) is 0 Å². The molecule has 0 fully saturated rings. The summed E-state index contributed by atoms with van der Waals surface area (Å²) in [6, 6.07) is 11.4. The Morgan fingerprint density at radius 2 is 1.90 bits per heavy atom. The molecule has 0 spiro atoms. The topological polar surface area (TPSA) is 79.5 Å². The zero-order chi connectivity index (χ0) is 15.4. The molecule has 106 valence electrons. The number of carbonyl (C=O) groups is 1. The molecule has 0 aromatic heterocycles. The second kappa shape index (κ2) is 5.97. The van der Waals surface area contributed by atoms with Gasteiger partial charge in [0.15, 0.2) is 0 Å².